The molecule has 0 fully saturated rings. The predicted molar refractivity (Wildman–Crippen MR) is 246 cm³/mol. The molecule has 0 rings (SSSR count). The van der Waals surface area contributed by atoms with E-state index in [1.807, 2.05) is 0 Å². The number of rotatable bonds is 45. The van der Waals surface area contributed by atoms with Crippen molar-refractivity contribution in [2.24, 2.45) is 0 Å². The standard InChI is InChI=1S/C51H97NO5/c1-5-9-13-29-38-46(36-11-7-3)48(50(54)55)40-31-25-21-17-15-19-23-27-33-42-52(44-35-45-53)43-34-28-24-20-16-18-22-26-32-41-49(51(56)57)47(37-12-8-4)39-30-14-10-6-2/h53H,5-45H2,1-4H3,(H,54,55)(H,56,57)/b48-46+,49-47+. The van der Waals surface area contributed by atoms with Gasteiger partial charge in [-0.2, -0.15) is 0 Å². The van der Waals surface area contributed by atoms with Crippen LogP contribution in [0.1, 0.15) is 265 Å². The van der Waals surface area contributed by atoms with Crippen LogP contribution in [0.3, 0.4) is 0 Å². The molecule has 0 aromatic rings. The predicted octanol–water partition coefficient (Wildman–Crippen LogP) is 15.6. The molecule has 6 heteroatoms. The van der Waals surface area contributed by atoms with Crippen LogP contribution >= 0.6 is 0 Å². The lowest BCUT2D eigenvalue weighted by Crippen LogP contribution is -2.27. The maximum atomic E-state index is 12.1. The van der Waals surface area contributed by atoms with Gasteiger partial charge in [-0.15, -0.1) is 0 Å². The molecule has 3 N–H and O–H groups in total. The molecule has 0 heterocycles. The maximum absolute atomic E-state index is 12.1. The lowest BCUT2D eigenvalue weighted by molar-refractivity contribution is -0.133. The first-order valence-corrected chi connectivity index (χ1v) is 25.1. The van der Waals surface area contributed by atoms with Crippen LogP contribution in [-0.4, -0.2) is 58.4 Å². The van der Waals surface area contributed by atoms with E-state index >= 15 is 0 Å². The van der Waals surface area contributed by atoms with E-state index < -0.39 is 11.9 Å². The Bertz CT molecular complexity index is 914. The van der Waals surface area contributed by atoms with E-state index in [2.05, 4.69) is 32.6 Å². The largest absolute Gasteiger partial charge is 0.478 e. The highest BCUT2D eigenvalue weighted by Gasteiger charge is 2.15. The molecular formula is C51H97NO5. The van der Waals surface area contributed by atoms with E-state index in [1.54, 1.807) is 0 Å². The summed E-state index contributed by atoms with van der Waals surface area (Å²) in [5.74, 6) is -1.36. The second kappa shape index (κ2) is 42.5. The lowest BCUT2D eigenvalue weighted by atomic mass is 9.93. The summed E-state index contributed by atoms with van der Waals surface area (Å²) in [6.07, 6.45) is 42.4. The van der Waals surface area contributed by atoms with E-state index in [0.29, 0.717) is 0 Å². The van der Waals surface area contributed by atoms with Crippen molar-refractivity contribution in [3.05, 3.63) is 22.3 Å². The zero-order valence-corrected chi connectivity index (χ0v) is 38.6. The second-order valence-electron chi connectivity index (χ2n) is 17.4. The van der Waals surface area contributed by atoms with Gasteiger partial charge in [0.1, 0.15) is 0 Å². The molecule has 0 saturated heterocycles. The van der Waals surface area contributed by atoms with Crippen LogP contribution in [0, 0.1) is 0 Å². The van der Waals surface area contributed by atoms with Crippen molar-refractivity contribution in [3.63, 3.8) is 0 Å². The normalized spacial score (nSPS) is 12.7. The molecule has 0 atom stereocenters. The Morgan fingerprint density at radius 2 is 0.596 bits per heavy atom. The van der Waals surface area contributed by atoms with Crippen molar-refractivity contribution in [1.82, 2.24) is 4.90 Å². The number of hydrogen-bond acceptors (Lipinski definition) is 4. The SMILES string of the molecule is CCCCCC/C(CCCC)=C(\CCCCCCCCCCCN(CCCO)CCCCCCCCCCC/C(C(=O)O)=C(/CCCC)CCCCCC)C(=O)O. The highest BCUT2D eigenvalue weighted by atomic mass is 16.4. The maximum Gasteiger partial charge on any atom is 0.331 e. The van der Waals surface area contributed by atoms with Crippen LogP contribution in [0.25, 0.3) is 0 Å². The molecule has 0 radical (unpaired) electrons. The van der Waals surface area contributed by atoms with Crippen LogP contribution in [0.15, 0.2) is 22.3 Å². The van der Waals surface area contributed by atoms with Gasteiger partial charge in [-0.3, -0.25) is 0 Å². The summed E-state index contributed by atoms with van der Waals surface area (Å²) < 4.78 is 0. The van der Waals surface area contributed by atoms with E-state index in [-0.39, 0.29) is 6.61 Å². The molecule has 0 bridgehead atoms. The second-order valence-corrected chi connectivity index (χ2v) is 17.4. The van der Waals surface area contributed by atoms with Crippen molar-refractivity contribution < 1.29 is 24.9 Å². The smallest absolute Gasteiger partial charge is 0.331 e. The fourth-order valence-electron chi connectivity index (χ4n) is 8.41. The summed E-state index contributed by atoms with van der Waals surface area (Å²) in [5, 5.41) is 29.4. The quantitative estimate of drug-likeness (QED) is 0.0419. The molecule has 0 aliphatic rings. The zero-order valence-electron chi connectivity index (χ0n) is 38.6. The van der Waals surface area contributed by atoms with Gasteiger partial charge in [0.2, 0.25) is 0 Å². The first-order chi connectivity index (χ1) is 27.9. The molecule has 0 spiro atoms. The number of allylic oxidation sites excluding steroid dienone is 2. The summed E-state index contributed by atoms with van der Waals surface area (Å²) >= 11 is 0. The average molecular weight is 804 g/mol. The zero-order chi connectivity index (χ0) is 42.0. The van der Waals surface area contributed by atoms with Crippen molar-refractivity contribution in [2.75, 3.05) is 26.2 Å². The average Bonchev–Trinajstić information content (AvgIpc) is 3.20. The van der Waals surface area contributed by atoms with Gasteiger partial charge in [-0.05, 0) is 109 Å². The molecule has 336 valence electrons. The van der Waals surface area contributed by atoms with Gasteiger partial charge < -0.3 is 20.2 Å². The van der Waals surface area contributed by atoms with Crippen LogP contribution in [0.2, 0.25) is 0 Å². The molecule has 0 aromatic carbocycles. The van der Waals surface area contributed by atoms with Crippen molar-refractivity contribution in [3.8, 4) is 0 Å². The Hall–Kier alpha value is -1.66. The van der Waals surface area contributed by atoms with Crippen LogP contribution in [0.5, 0.6) is 0 Å². The molecule has 0 aromatic heterocycles. The summed E-state index contributed by atoms with van der Waals surface area (Å²) in [6, 6.07) is 0. The molecular weight excluding hydrogens is 707 g/mol. The minimum atomic E-state index is -0.678. The minimum Gasteiger partial charge on any atom is -0.478 e. The Morgan fingerprint density at radius 3 is 0.912 bits per heavy atom. The third-order valence-electron chi connectivity index (χ3n) is 12.1. The number of carbonyl (C=O) groups is 2. The molecule has 57 heavy (non-hydrogen) atoms. The van der Waals surface area contributed by atoms with Gasteiger partial charge in [-0.25, -0.2) is 9.59 Å². The Morgan fingerprint density at radius 1 is 0.333 bits per heavy atom. The van der Waals surface area contributed by atoms with Crippen molar-refractivity contribution in [2.45, 2.75) is 265 Å². The number of aliphatic hydroxyl groups is 1. The van der Waals surface area contributed by atoms with Gasteiger partial charge >= 0.3 is 11.9 Å². The van der Waals surface area contributed by atoms with Crippen LogP contribution in [-0.2, 0) is 9.59 Å². The monoisotopic (exact) mass is 804 g/mol. The molecule has 6 nitrogen and oxygen atoms in total. The van der Waals surface area contributed by atoms with Gasteiger partial charge in [0.15, 0.2) is 0 Å². The summed E-state index contributed by atoms with van der Waals surface area (Å²) in [4.78, 5) is 26.8. The lowest BCUT2D eigenvalue weighted by Gasteiger charge is -2.22. The first kappa shape index (κ1) is 55.3. The third-order valence-corrected chi connectivity index (χ3v) is 12.1. The number of carboxylic acids is 2. The summed E-state index contributed by atoms with van der Waals surface area (Å²) in [5.41, 5.74) is 3.92. The van der Waals surface area contributed by atoms with E-state index in [9.17, 15) is 24.9 Å². The molecule has 0 saturated carbocycles. The van der Waals surface area contributed by atoms with Crippen LogP contribution < -0.4 is 0 Å². The Kier molecular flexibility index (Phi) is 41.2. The molecule has 0 unspecified atom stereocenters. The fourth-order valence-corrected chi connectivity index (χ4v) is 8.41. The molecule has 0 aliphatic carbocycles. The first-order valence-electron chi connectivity index (χ1n) is 25.1. The summed E-state index contributed by atoms with van der Waals surface area (Å²) in [6.45, 7) is 12.4. The number of aliphatic carboxylic acids is 2. The van der Waals surface area contributed by atoms with E-state index in [1.165, 1.54) is 140 Å². The number of hydrogen-bond donors (Lipinski definition) is 3. The van der Waals surface area contributed by atoms with Crippen molar-refractivity contribution >= 4 is 11.9 Å². The minimum absolute atomic E-state index is 0.274. The number of unbranched alkanes of at least 4 members (excludes halogenated alkanes) is 24. The Labute approximate surface area is 354 Å². The van der Waals surface area contributed by atoms with Crippen molar-refractivity contribution in [1.29, 1.82) is 0 Å². The number of nitrogens with zero attached hydrogens (tertiary/aromatic N) is 1. The van der Waals surface area contributed by atoms with Crippen LogP contribution in [0.4, 0.5) is 0 Å². The topological polar surface area (TPSA) is 98.1 Å². The van der Waals surface area contributed by atoms with E-state index in [4.69, 9.17) is 0 Å². The third kappa shape index (κ3) is 33.8. The number of aliphatic hydroxyl groups excluding tert-OH is 1. The summed E-state index contributed by atoms with van der Waals surface area (Å²) in [7, 11) is 0. The van der Waals surface area contributed by atoms with Gasteiger partial charge in [0.05, 0.1) is 0 Å². The van der Waals surface area contributed by atoms with Gasteiger partial charge in [0.25, 0.3) is 0 Å². The fraction of sp³-hybridized carbons (Fsp3) is 0.882. The highest BCUT2D eigenvalue weighted by Crippen LogP contribution is 2.26. The van der Waals surface area contributed by atoms with Gasteiger partial charge in [0, 0.05) is 24.3 Å². The molecule has 0 aliphatic heterocycles. The Balaban J connectivity index is 4.17. The van der Waals surface area contributed by atoms with E-state index in [0.717, 1.165) is 140 Å². The molecule has 0 amide bonds. The number of carboxylic acid groups (broad SMARTS) is 2. The highest BCUT2D eigenvalue weighted by molar-refractivity contribution is 5.88. The van der Waals surface area contributed by atoms with Gasteiger partial charge in [-0.1, -0.05) is 180 Å².